The van der Waals surface area contributed by atoms with Crippen molar-refractivity contribution in [3.8, 4) is 10.7 Å². The van der Waals surface area contributed by atoms with Crippen LogP contribution in [0.3, 0.4) is 0 Å². The standard InChI is InChI=1S/C14H17ClN2O2S/c1-13(2,18)8-5-9(17-11(15)6-8)12-16-7-10(20-12)14(3,4)19/h5-7,18-19H,1-4H3. The van der Waals surface area contributed by atoms with Gasteiger partial charge in [-0.1, -0.05) is 11.6 Å². The van der Waals surface area contributed by atoms with E-state index in [1.807, 2.05) is 0 Å². The average molecular weight is 313 g/mol. The number of pyridine rings is 1. The molecular formula is C14H17ClN2O2S. The Morgan fingerprint density at radius 3 is 2.25 bits per heavy atom. The summed E-state index contributed by atoms with van der Waals surface area (Å²) < 4.78 is 0. The van der Waals surface area contributed by atoms with Gasteiger partial charge in [0.05, 0.1) is 16.1 Å². The first-order valence-corrected chi connectivity index (χ1v) is 7.36. The van der Waals surface area contributed by atoms with Crippen LogP contribution in [0.5, 0.6) is 0 Å². The quantitative estimate of drug-likeness (QED) is 0.853. The van der Waals surface area contributed by atoms with Crippen molar-refractivity contribution in [2.24, 2.45) is 0 Å². The number of thiazole rings is 1. The second kappa shape index (κ2) is 5.07. The van der Waals surface area contributed by atoms with Crippen LogP contribution in [0.2, 0.25) is 5.15 Å². The van der Waals surface area contributed by atoms with Crippen molar-refractivity contribution >= 4 is 22.9 Å². The monoisotopic (exact) mass is 312 g/mol. The Balaban J connectivity index is 2.48. The molecule has 2 aromatic heterocycles. The lowest BCUT2D eigenvalue weighted by molar-refractivity contribution is 0.0785. The van der Waals surface area contributed by atoms with Crippen LogP contribution in [0.15, 0.2) is 18.3 Å². The molecule has 0 unspecified atom stereocenters. The fourth-order valence-electron chi connectivity index (χ4n) is 1.64. The maximum atomic E-state index is 10.1. The second-order valence-corrected chi connectivity index (χ2v) is 7.13. The van der Waals surface area contributed by atoms with Crippen LogP contribution in [-0.4, -0.2) is 20.2 Å². The molecule has 6 heteroatoms. The number of halogens is 1. The zero-order chi connectivity index (χ0) is 15.1. The molecule has 108 valence electrons. The smallest absolute Gasteiger partial charge is 0.142 e. The molecule has 2 heterocycles. The first-order valence-electron chi connectivity index (χ1n) is 6.17. The highest BCUT2D eigenvalue weighted by molar-refractivity contribution is 7.15. The average Bonchev–Trinajstić information content (AvgIpc) is 2.75. The molecule has 0 radical (unpaired) electrons. The second-order valence-electron chi connectivity index (χ2n) is 5.71. The van der Waals surface area contributed by atoms with E-state index < -0.39 is 11.2 Å². The van der Waals surface area contributed by atoms with Gasteiger partial charge in [-0.15, -0.1) is 11.3 Å². The van der Waals surface area contributed by atoms with Gasteiger partial charge >= 0.3 is 0 Å². The predicted molar refractivity (Wildman–Crippen MR) is 80.8 cm³/mol. The summed E-state index contributed by atoms with van der Waals surface area (Å²) in [5.41, 5.74) is -0.673. The first kappa shape index (κ1) is 15.4. The van der Waals surface area contributed by atoms with Crippen LogP contribution in [-0.2, 0) is 11.2 Å². The molecule has 2 rings (SSSR count). The molecule has 4 nitrogen and oxygen atoms in total. The molecule has 0 fully saturated rings. The summed E-state index contributed by atoms with van der Waals surface area (Å²) in [5, 5.41) is 21.0. The lowest BCUT2D eigenvalue weighted by Gasteiger charge is -2.18. The fourth-order valence-corrected chi connectivity index (χ4v) is 2.72. The van der Waals surface area contributed by atoms with Crippen LogP contribution in [0.25, 0.3) is 10.7 Å². The van der Waals surface area contributed by atoms with Gasteiger partial charge in [0, 0.05) is 6.20 Å². The van der Waals surface area contributed by atoms with E-state index in [1.54, 1.807) is 46.0 Å². The van der Waals surface area contributed by atoms with E-state index in [0.29, 0.717) is 21.4 Å². The number of nitrogens with zero attached hydrogens (tertiary/aromatic N) is 2. The van der Waals surface area contributed by atoms with Crippen molar-refractivity contribution in [1.29, 1.82) is 0 Å². The number of aromatic nitrogens is 2. The summed E-state index contributed by atoms with van der Waals surface area (Å²) in [6, 6.07) is 3.40. The van der Waals surface area contributed by atoms with Crippen molar-refractivity contribution in [2.45, 2.75) is 38.9 Å². The van der Waals surface area contributed by atoms with Gasteiger partial charge in [-0.3, -0.25) is 0 Å². The third-order valence-electron chi connectivity index (χ3n) is 2.83. The molecule has 0 amide bonds. The lowest BCUT2D eigenvalue weighted by Crippen LogP contribution is -2.15. The maximum absolute atomic E-state index is 10.1. The van der Waals surface area contributed by atoms with Crippen molar-refractivity contribution in [2.75, 3.05) is 0 Å². The van der Waals surface area contributed by atoms with Crippen molar-refractivity contribution in [1.82, 2.24) is 9.97 Å². The minimum absolute atomic E-state index is 0.305. The molecule has 0 aliphatic rings. The van der Waals surface area contributed by atoms with Gasteiger partial charge in [-0.25, -0.2) is 9.97 Å². The highest BCUT2D eigenvalue weighted by atomic mass is 35.5. The normalized spacial score (nSPS) is 12.8. The minimum atomic E-state index is -1.00. The van der Waals surface area contributed by atoms with Crippen LogP contribution < -0.4 is 0 Å². The van der Waals surface area contributed by atoms with Gasteiger partial charge in [0.25, 0.3) is 0 Å². The molecule has 0 atom stereocenters. The van der Waals surface area contributed by atoms with E-state index >= 15 is 0 Å². The van der Waals surface area contributed by atoms with Gasteiger partial charge in [0.2, 0.25) is 0 Å². The molecule has 0 bridgehead atoms. The van der Waals surface area contributed by atoms with Gasteiger partial charge in [-0.2, -0.15) is 0 Å². The van der Waals surface area contributed by atoms with E-state index in [2.05, 4.69) is 9.97 Å². The molecule has 2 N–H and O–H groups in total. The largest absolute Gasteiger partial charge is 0.386 e. The van der Waals surface area contributed by atoms with Crippen LogP contribution in [0.4, 0.5) is 0 Å². The van der Waals surface area contributed by atoms with Gasteiger partial charge < -0.3 is 10.2 Å². The third-order valence-corrected chi connectivity index (χ3v) is 4.35. The zero-order valence-corrected chi connectivity index (χ0v) is 13.4. The van der Waals surface area contributed by atoms with E-state index in [4.69, 9.17) is 11.6 Å². The Morgan fingerprint density at radius 1 is 1.10 bits per heavy atom. The molecule has 20 heavy (non-hydrogen) atoms. The Hall–Kier alpha value is -1.01. The Bertz CT molecular complexity index is 627. The summed E-state index contributed by atoms with van der Waals surface area (Å²) in [6.45, 7) is 6.79. The Morgan fingerprint density at radius 2 is 1.75 bits per heavy atom. The molecule has 0 aromatic carbocycles. The summed E-state index contributed by atoms with van der Waals surface area (Å²) >= 11 is 7.36. The summed E-state index contributed by atoms with van der Waals surface area (Å²) in [4.78, 5) is 9.26. The molecular weight excluding hydrogens is 296 g/mol. The number of aliphatic hydroxyl groups is 2. The SMILES string of the molecule is CC(C)(O)c1cc(Cl)nc(-c2ncc(C(C)(C)O)s2)c1. The summed E-state index contributed by atoms with van der Waals surface area (Å²) in [5.74, 6) is 0. The molecule has 0 aliphatic carbocycles. The minimum Gasteiger partial charge on any atom is -0.386 e. The third kappa shape index (κ3) is 3.35. The van der Waals surface area contributed by atoms with Gasteiger partial charge in [-0.05, 0) is 45.4 Å². The van der Waals surface area contributed by atoms with Gasteiger partial charge in [0.1, 0.15) is 15.9 Å². The Labute approximate surface area is 127 Å². The van der Waals surface area contributed by atoms with E-state index in [-0.39, 0.29) is 0 Å². The molecule has 0 aliphatic heterocycles. The maximum Gasteiger partial charge on any atom is 0.142 e. The molecule has 0 saturated carbocycles. The zero-order valence-electron chi connectivity index (χ0n) is 11.8. The predicted octanol–water partition coefficient (Wildman–Crippen LogP) is 3.31. The molecule has 2 aromatic rings. The number of hydrogen-bond donors (Lipinski definition) is 2. The number of hydrogen-bond acceptors (Lipinski definition) is 5. The highest BCUT2D eigenvalue weighted by Crippen LogP contribution is 2.33. The van der Waals surface area contributed by atoms with Crippen LogP contribution in [0.1, 0.15) is 38.1 Å². The lowest BCUT2D eigenvalue weighted by atomic mass is 9.99. The van der Waals surface area contributed by atoms with E-state index in [1.165, 1.54) is 11.3 Å². The topological polar surface area (TPSA) is 66.2 Å². The Kier molecular flexibility index (Phi) is 3.90. The van der Waals surface area contributed by atoms with Gasteiger partial charge in [0.15, 0.2) is 0 Å². The summed E-state index contributed by atoms with van der Waals surface area (Å²) in [6.07, 6.45) is 1.63. The highest BCUT2D eigenvalue weighted by Gasteiger charge is 2.22. The van der Waals surface area contributed by atoms with E-state index in [9.17, 15) is 10.2 Å². The van der Waals surface area contributed by atoms with Crippen LogP contribution in [0, 0.1) is 0 Å². The number of rotatable bonds is 3. The fraction of sp³-hybridized carbons (Fsp3) is 0.429. The van der Waals surface area contributed by atoms with Crippen molar-refractivity contribution in [3.05, 3.63) is 33.9 Å². The summed E-state index contributed by atoms with van der Waals surface area (Å²) in [7, 11) is 0. The van der Waals surface area contributed by atoms with E-state index in [0.717, 1.165) is 4.88 Å². The van der Waals surface area contributed by atoms with Crippen molar-refractivity contribution in [3.63, 3.8) is 0 Å². The molecule has 0 saturated heterocycles. The molecule has 0 spiro atoms. The van der Waals surface area contributed by atoms with Crippen LogP contribution >= 0.6 is 22.9 Å². The first-order chi connectivity index (χ1) is 9.07. The van der Waals surface area contributed by atoms with Crippen molar-refractivity contribution < 1.29 is 10.2 Å².